The standard InChI is InChI=1S/C25H29N3O5/c1-31-22-11-18-20(12-23(22)32-2)28(25(30)26-24(18)29)10-6-5-9-27-13-16-15-33-21-8-4-3-7-17(21)19(16)14-27/h3-4,7-8,11-12,16,19H,5-6,9-10,13-15H2,1-2H3,(H,26,29,30)/t16-,19-/m1/s1. The number of likely N-dealkylation sites (tertiary alicyclic amines) is 1. The molecule has 2 aromatic carbocycles. The van der Waals surface area contributed by atoms with Crippen LogP contribution in [0.15, 0.2) is 46.0 Å². The van der Waals surface area contributed by atoms with Gasteiger partial charge in [-0.1, -0.05) is 18.2 Å². The fourth-order valence-electron chi connectivity index (χ4n) is 5.22. The van der Waals surface area contributed by atoms with Crippen LogP contribution in [-0.2, 0) is 6.54 Å². The topological polar surface area (TPSA) is 85.8 Å². The molecular weight excluding hydrogens is 422 g/mol. The smallest absolute Gasteiger partial charge is 0.328 e. The highest BCUT2D eigenvalue weighted by molar-refractivity contribution is 5.82. The third-order valence-electron chi connectivity index (χ3n) is 6.90. The number of H-pyrrole nitrogens is 1. The van der Waals surface area contributed by atoms with Crippen LogP contribution in [0, 0.1) is 5.92 Å². The maximum atomic E-state index is 12.6. The monoisotopic (exact) mass is 451 g/mol. The van der Waals surface area contributed by atoms with Gasteiger partial charge >= 0.3 is 5.69 Å². The number of ether oxygens (including phenoxy) is 3. The van der Waals surface area contributed by atoms with Gasteiger partial charge in [0.1, 0.15) is 5.75 Å². The number of para-hydroxylation sites is 1. The number of aromatic nitrogens is 2. The number of hydrogen-bond acceptors (Lipinski definition) is 6. The van der Waals surface area contributed by atoms with Crippen LogP contribution in [0.1, 0.15) is 24.3 Å². The van der Waals surface area contributed by atoms with Gasteiger partial charge < -0.3 is 19.1 Å². The molecule has 0 radical (unpaired) electrons. The predicted molar refractivity (Wildman–Crippen MR) is 126 cm³/mol. The van der Waals surface area contributed by atoms with Crippen LogP contribution in [0.5, 0.6) is 17.2 Å². The van der Waals surface area contributed by atoms with Crippen molar-refractivity contribution in [1.29, 1.82) is 0 Å². The van der Waals surface area contributed by atoms with Gasteiger partial charge in [-0.15, -0.1) is 0 Å². The molecule has 174 valence electrons. The van der Waals surface area contributed by atoms with Crippen molar-refractivity contribution in [2.24, 2.45) is 5.92 Å². The van der Waals surface area contributed by atoms with Crippen molar-refractivity contribution in [1.82, 2.24) is 14.5 Å². The fourth-order valence-corrected chi connectivity index (χ4v) is 5.22. The zero-order valence-electron chi connectivity index (χ0n) is 19.0. The summed E-state index contributed by atoms with van der Waals surface area (Å²) in [5, 5.41) is 0.412. The van der Waals surface area contributed by atoms with Crippen LogP contribution < -0.4 is 25.5 Å². The average molecular weight is 452 g/mol. The molecule has 1 N–H and O–H groups in total. The molecule has 1 fully saturated rings. The van der Waals surface area contributed by atoms with Crippen molar-refractivity contribution in [2.45, 2.75) is 25.3 Å². The first-order valence-corrected chi connectivity index (χ1v) is 11.4. The van der Waals surface area contributed by atoms with E-state index in [1.165, 1.54) is 19.8 Å². The first-order chi connectivity index (χ1) is 16.1. The third kappa shape index (κ3) is 3.99. The van der Waals surface area contributed by atoms with Crippen molar-refractivity contribution in [3.63, 3.8) is 0 Å². The number of rotatable bonds is 7. The highest BCUT2D eigenvalue weighted by atomic mass is 16.5. The van der Waals surface area contributed by atoms with Crippen molar-refractivity contribution >= 4 is 10.9 Å². The lowest BCUT2D eigenvalue weighted by atomic mass is 9.87. The number of aryl methyl sites for hydroxylation is 1. The molecule has 0 aliphatic carbocycles. The average Bonchev–Trinajstić information content (AvgIpc) is 3.26. The van der Waals surface area contributed by atoms with Crippen molar-refractivity contribution in [3.05, 3.63) is 62.8 Å². The van der Waals surface area contributed by atoms with Crippen molar-refractivity contribution in [2.75, 3.05) is 40.5 Å². The summed E-state index contributed by atoms with van der Waals surface area (Å²) < 4.78 is 18.3. The Morgan fingerprint density at radius 1 is 1.03 bits per heavy atom. The van der Waals surface area contributed by atoms with E-state index >= 15 is 0 Å². The van der Waals surface area contributed by atoms with Gasteiger partial charge in [0.2, 0.25) is 0 Å². The summed E-state index contributed by atoms with van der Waals surface area (Å²) in [4.78, 5) is 29.8. The summed E-state index contributed by atoms with van der Waals surface area (Å²) in [6.07, 6.45) is 1.79. The van der Waals surface area contributed by atoms with Gasteiger partial charge in [0.25, 0.3) is 5.56 Å². The second-order valence-electron chi connectivity index (χ2n) is 8.82. The Morgan fingerprint density at radius 2 is 1.79 bits per heavy atom. The third-order valence-corrected chi connectivity index (χ3v) is 6.90. The van der Waals surface area contributed by atoms with E-state index in [1.807, 2.05) is 6.07 Å². The zero-order valence-corrected chi connectivity index (χ0v) is 19.0. The quantitative estimate of drug-likeness (QED) is 0.556. The summed E-state index contributed by atoms with van der Waals surface area (Å²) in [6, 6.07) is 11.7. The first-order valence-electron chi connectivity index (χ1n) is 11.4. The lowest BCUT2D eigenvalue weighted by Crippen LogP contribution is -2.31. The second-order valence-corrected chi connectivity index (χ2v) is 8.82. The number of benzene rings is 2. The molecule has 1 aromatic heterocycles. The molecule has 2 aliphatic rings. The zero-order chi connectivity index (χ0) is 22.9. The Labute approximate surface area is 191 Å². The number of methoxy groups -OCH3 is 2. The number of fused-ring (bicyclic) bond motifs is 4. The minimum Gasteiger partial charge on any atom is -0.493 e. The van der Waals surface area contributed by atoms with E-state index in [4.69, 9.17) is 14.2 Å². The van der Waals surface area contributed by atoms with Gasteiger partial charge in [0.15, 0.2) is 11.5 Å². The van der Waals surface area contributed by atoms with Crippen molar-refractivity contribution in [3.8, 4) is 17.2 Å². The Hall–Kier alpha value is -3.26. The molecule has 3 aromatic rings. The Morgan fingerprint density at radius 3 is 2.61 bits per heavy atom. The van der Waals surface area contributed by atoms with Gasteiger partial charge in [-0.2, -0.15) is 0 Å². The Bertz CT molecular complexity index is 1280. The fraction of sp³-hybridized carbons (Fsp3) is 0.440. The summed E-state index contributed by atoms with van der Waals surface area (Å²) >= 11 is 0. The van der Waals surface area contributed by atoms with Crippen LogP contribution in [0.25, 0.3) is 10.9 Å². The lowest BCUT2D eigenvalue weighted by Gasteiger charge is -2.27. The van der Waals surface area contributed by atoms with E-state index in [0.717, 1.165) is 44.8 Å². The van der Waals surface area contributed by atoms with E-state index in [9.17, 15) is 9.59 Å². The maximum absolute atomic E-state index is 12.6. The van der Waals surface area contributed by atoms with Crippen LogP contribution in [0.3, 0.4) is 0 Å². The highest BCUT2D eigenvalue weighted by Gasteiger charge is 2.38. The SMILES string of the molecule is COc1cc2c(=O)[nH]c(=O)n(CCCCN3C[C@@H]4COc5ccccc5[C@@H]4C3)c2cc1OC. The van der Waals surface area contributed by atoms with Gasteiger partial charge in [0.05, 0.1) is 31.7 Å². The summed E-state index contributed by atoms with van der Waals surface area (Å²) in [6.45, 7) is 4.36. The lowest BCUT2D eigenvalue weighted by molar-refractivity contribution is 0.212. The highest BCUT2D eigenvalue weighted by Crippen LogP contribution is 2.41. The molecule has 1 saturated heterocycles. The van der Waals surface area contributed by atoms with Crippen LogP contribution in [0.4, 0.5) is 0 Å². The molecule has 0 amide bonds. The molecule has 8 heteroatoms. The second kappa shape index (κ2) is 8.94. The number of nitrogens with zero attached hydrogens (tertiary/aromatic N) is 2. The van der Waals surface area contributed by atoms with Gasteiger partial charge in [0, 0.05) is 37.5 Å². The molecule has 0 bridgehead atoms. The first kappa shape index (κ1) is 21.6. The van der Waals surface area contributed by atoms with Gasteiger partial charge in [-0.05, 0) is 37.1 Å². The Kier molecular flexibility index (Phi) is 5.85. The van der Waals surface area contributed by atoms with E-state index in [-0.39, 0.29) is 0 Å². The van der Waals surface area contributed by atoms with E-state index in [2.05, 4.69) is 28.1 Å². The number of unbranched alkanes of at least 4 members (excludes halogenated alkanes) is 1. The van der Waals surface area contributed by atoms with Gasteiger partial charge in [-0.3, -0.25) is 14.3 Å². The number of nitrogens with one attached hydrogen (secondary N) is 1. The molecule has 0 saturated carbocycles. The van der Waals surface area contributed by atoms with Crippen LogP contribution >= 0.6 is 0 Å². The molecule has 3 heterocycles. The van der Waals surface area contributed by atoms with Gasteiger partial charge in [-0.25, -0.2) is 4.79 Å². The summed E-state index contributed by atoms with van der Waals surface area (Å²) in [5.74, 6) is 3.04. The number of aromatic amines is 1. The maximum Gasteiger partial charge on any atom is 0.328 e. The predicted octanol–water partition coefficient (Wildman–Crippen LogP) is 2.60. The normalized spacial score (nSPS) is 19.7. The molecule has 2 atom stereocenters. The molecule has 0 unspecified atom stereocenters. The molecule has 5 rings (SSSR count). The molecule has 33 heavy (non-hydrogen) atoms. The molecule has 0 spiro atoms. The summed E-state index contributed by atoms with van der Waals surface area (Å²) in [7, 11) is 3.06. The Balaban J connectivity index is 1.26. The minimum absolute atomic E-state index is 0.402. The van der Waals surface area contributed by atoms with Crippen LogP contribution in [0.2, 0.25) is 0 Å². The molecular formula is C25H29N3O5. The van der Waals surface area contributed by atoms with Crippen molar-refractivity contribution < 1.29 is 14.2 Å². The van der Waals surface area contributed by atoms with E-state index in [1.54, 1.807) is 16.7 Å². The minimum atomic E-state index is -0.422. The van der Waals surface area contributed by atoms with E-state index < -0.39 is 11.2 Å². The molecule has 2 aliphatic heterocycles. The molecule has 8 nitrogen and oxygen atoms in total. The van der Waals surface area contributed by atoms with Crippen LogP contribution in [-0.4, -0.2) is 54.9 Å². The largest absolute Gasteiger partial charge is 0.493 e. The van der Waals surface area contributed by atoms with E-state index in [0.29, 0.717) is 40.8 Å². The summed E-state index contributed by atoms with van der Waals surface area (Å²) in [5.41, 5.74) is 1.06. The number of hydrogen-bond donors (Lipinski definition) is 1.